The third-order valence-corrected chi connectivity index (χ3v) is 7.58. The van der Waals surface area contributed by atoms with Gasteiger partial charge in [0.1, 0.15) is 11.5 Å². The standard InChI is InChI=1S/C28H30F2N6O3/c1-3-16-10-24(37)19(29)11-18(16)17-8-20(30)26-22(9-17)33-34-27(26)28-31-21-4-5-36(13-23(21)32-28)25(38)14-35-6-7-39-15(2)12-35/h8-11,15,37H,3-7,12-14H2,1-2H3,(H,31,32)(H,33,34). The number of aromatic nitrogens is 4. The fourth-order valence-electron chi connectivity index (χ4n) is 5.54. The van der Waals surface area contributed by atoms with E-state index in [1.807, 2.05) is 18.7 Å². The Morgan fingerprint density at radius 2 is 2.05 bits per heavy atom. The van der Waals surface area contributed by atoms with Crippen LogP contribution in [0.4, 0.5) is 8.78 Å². The van der Waals surface area contributed by atoms with Crippen LogP contribution in [0.3, 0.4) is 0 Å². The van der Waals surface area contributed by atoms with Gasteiger partial charge in [-0.05, 0) is 54.3 Å². The van der Waals surface area contributed by atoms with Gasteiger partial charge in [-0.2, -0.15) is 5.10 Å². The number of hydrogen-bond donors (Lipinski definition) is 3. The molecule has 4 aromatic rings. The van der Waals surface area contributed by atoms with Crippen molar-refractivity contribution >= 4 is 16.8 Å². The Labute approximate surface area is 223 Å². The van der Waals surface area contributed by atoms with Crippen LogP contribution >= 0.6 is 0 Å². The quantitative estimate of drug-likeness (QED) is 0.358. The number of aromatic amines is 2. The Morgan fingerprint density at radius 3 is 2.85 bits per heavy atom. The number of carbonyl (C=O) groups excluding carboxylic acids is 1. The molecule has 4 heterocycles. The summed E-state index contributed by atoms with van der Waals surface area (Å²) in [5.41, 5.74) is 4.14. The number of benzene rings is 2. The van der Waals surface area contributed by atoms with E-state index in [0.29, 0.717) is 72.8 Å². The number of H-pyrrole nitrogens is 2. The number of aryl methyl sites for hydroxylation is 1. The molecule has 0 spiro atoms. The van der Waals surface area contributed by atoms with Gasteiger partial charge in [-0.3, -0.25) is 14.8 Å². The van der Waals surface area contributed by atoms with Crippen LogP contribution in [0.15, 0.2) is 24.3 Å². The largest absolute Gasteiger partial charge is 0.505 e. The minimum atomic E-state index is -0.763. The van der Waals surface area contributed by atoms with Gasteiger partial charge in [0.2, 0.25) is 5.91 Å². The third-order valence-electron chi connectivity index (χ3n) is 7.58. The first-order valence-electron chi connectivity index (χ1n) is 13.2. The van der Waals surface area contributed by atoms with E-state index in [9.17, 15) is 14.3 Å². The number of amides is 1. The van der Waals surface area contributed by atoms with E-state index in [1.165, 1.54) is 18.2 Å². The second-order valence-electron chi connectivity index (χ2n) is 10.3. The number of hydrogen-bond acceptors (Lipinski definition) is 6. The summed E-state index contributed by atoms with van der Waals surface area (Å²) in [7, 11) is 0. The maximum absolute atomic E-state index is 15.5. The molecular weight excluding hydrogens is 506 g/mol. The molecule has 3 N–H and O–H groups in total. The van der Waals surface area contributed by atoms with E-state index in [1.54, 1.807) is 6.07 Å². The van der Waals surface area contributed by atoms with Gasteiger partial charge >= 0.3 is 0 Å². The number of nitrogens with zero attached hydrogens (tertiary/aromatic N) is 4. The second kappa shape index (κ2) is 10.0. The minimum Gasteiger partial charge on any atom is -0.505 e. The summed E-state index contributed by atoms with van der Waals surface area (Å²) >= 11 is 0. The average molecular weight is 537 g/mol. The molecule has 0 aliphatic carbocycles. The van der Waals surface area contributed by atoms with Crippen molar-refractivity contribution in [2.75, 3.05) is 32.8 Å². The zero-order chi connectivity index (χ0) is 27.3. The minimum absolute atomic E-state index is 0.0557. The Kier molecular flexibility index (Phi) is 6.56. The first-order chi connectivity index (χ1) is 18.8. The molecule has 39 heavy (non-hydrogen) atoms. The molecule has 6 rings (SSSR count). The summed E-state index contributed by atoms with van der Waals surface area (Å²) in [4.78, 5) is 24.9. The van der Waals surface area contributed by atoms with E-state index in [0.717, 1.165) is 24.5 Å². The highest BCUT2D eigenvalue weighted by Crippen LogP contribution is 2.35. The predicted octanol–water partition coefficient (Wildman–Crippen LogP) is 3.77. The summed E-state index contributed by atoms with van der Waals surface area (Å²) in [5.74, 6) is -1.23. The number of phenolic OH excluding ortho intramolecular Hbond substituents is 1. The van der Waals surface area contributed by atoms with Crippen LogP contribution in [0, 0.1) is 11.6 Å². The molecule has 2 aromatic heterocycles. The van der Waals surface area contributed by atoms with Crippen LogP contribution < -0.4 is 0 Å². The molecule has 1 saturated heterocycles. The lowest BCUT2D eigenvalue weighted by atomic mass is 9.96. The summed E-state index contributed by atoms with van der Waals surface area (Å²) in [6.07, 6.45) is 1.28. The van der Waals surface area contributed by atoms with E-state index in [4.69, 9.17) is 9.72 Å². The lowest BCUT2D eigenvalue weighted by molar-refractivity contribution is -0.135. The number of ether oxygens (including phenoxy) is 1. The molecule has 1 amide bonds. The lowest BCUT2D eigenvalue weighted by Crippen LogP contribution is -2.48. The van der Waals surface area contributed by atoms with Gasteiger partial charge in [0.15, 0.2) is 17.4 Å². The summed E-state index contributed by atoms with van der Waals surface area (Å²) < 4.78 is 35.2. The maximum Gasteiger partial charge on any atom is 0.237 e. The lowest BCUT2D eigenvalue weighted by Gasteiger charge is -2.33. The molecule has 9 nitrogen and oxygen atoms in total. The first kappa shape index (κ1) is 25.4. The van der Waals surface area contributed by atoms with Crippen molar-refractivity contribution in [2.24, 2.45) is 0 Å². The molecule has 1 fully saturated rings. The van der Waals surface area contributed by atoms with Gasteiger partial charge < -0.3 is 19.7 Å². The molecule has 2 aromatic carbocycles. The van der Waals surface area contributed by atoms with E-state index >= 15 is 4.39 Å². The number of nitrogens with one attached hydrogen (secondary N) is 2. The van der Waals surface area contributed by atoms with Crippen molar-refractivity contribution in [1.82, 2.24) is 30.0 Å². The molecule has 204 valence electrons. The molecule has 2 aliphatic rings. The molecule has 11 heteroatoms. The Bertz CT molecular complexity index is 1560. The van der Waals surface area contributed by atoms with Crippen molar-refractivity contribution in [3.63, 3.8) is 0 Å². The zero-order valence-corrected chi connectivity index (χ0v) is 21.9. The number of rotatable bonds is 5. The number of aromatic hydroxyl groups is 1. The van der Waals surface area contributed by atoms with Crippen LogP contribution in [-0.4, -0.2) is 79.9 Å². The molecule has 0 saturated carbocycles. The summed E-state index contributed by atoms with van der Waals surface area (Å²) in [6, 6.07) is 5.66. The second-order valence-corrected chi connectivity index (χ2v) is 10.3. The molecule has 0 bridgehead atoms. The van der Waals surface area contributed by atoms with Crippen LogP contribution in [0.25, 0.3) is 33.5 Å². The fourth-order valence-corrected chi connectivity index (χ4v) is 5.54. The Hall–Kier alpha value is -3.83. The molecule has 0 radical (unpaired) electrons. The number of phenols is 1. The van der Waals surface area contributed by atoms with E-state index < -0.39 is 17.4 Å². The van der Waals surface area contributed by atoms with Gasteiger partial charge in [0, 0.05) is 31.7 Å². The smallest absolute Gasteiger partial charge is 0.237 e. The van der Waals surface area contributed by atoms with Crippen LogP contribution in [0.2, 0.25) is 0 Å². The highest BCUT2D eigenvalue weighted by Gasteiger charge is 2.28. The SMILES string of the molecule is CCc1cc(O)c(F)cc1-c1cc(F)c2c(-c3nc4c([nH]3)CCN(C(=O)CN3CCOC(C)C3)C4)n[nH]c2c1. The average Bonchev–Trinajstić information content (AvgIpc) is 3.54. The third kappa shape index (κ3) is 4.76. The number of halogens is 2. The van der Waals surface area contributed by atoms with Gasteiger partial charge in [0.05, 0.1) is 42.4 Å². The van der Waals surface area contributed by atoms with Crippen LogP contribution in [0.5, 0.6) is 5.75 Å². The van der Waals surface area contributed by atoms with E-state index in [2.05, 4.69) is 20.1 Å². The number of fused-ring (bicyclic) bond motifs is 2. The maximum atomic E-state index is 15.5. The highest BCUT2D eigenvalue weighted by molar-refractivity contribution is 5.94. The fraction of sp³-hybridized carbons (Fsp3) is 0.393. The summed E-state index contributed by atoms with van der Waals surface area (Å²) in [6.45, 7) is 7.30. The van der Waals surface area contributed by atoms with Crippen molar-refractivity contribution in [1.29, 1.82) is 0 Å². The van der Waals surface area contributed by atoms with Crippen molar-refractivity contribution in [2.45, 2.75) is 39.3 Å². The van der Waals surface area contributed by atoms with Crippen molar-refractivity contribution < 1.29 is 23.4 Å². The number of imidazole rings is 1. The van der Waals surface area contributed by atoms with Crippen molar-refractivity contribution in [3.8, 4) is 28.4 Å². The number of morpholine rings is 1. The number of carbonyl (C=O) groups is 1. The van der Waals surface area contributed by atoms with Gasteiger partial charge in [0.25, 0.3) is 0 Å². The normalized spacial score (nSPS) is 18.1. The Balaban J connectivity index is 1.26. The van der Waals surface area contributed by atoms with Crippen LogP contribution in [0.1, 0.15) is 30.8 Å². The summed E-state index contributed by atoms with van der Waals surface area (Å²) in [5, 5.41) is 17.3. The van der Waals surface area contributed by atoms with E-state index in [-0.39, 0.29) is 17.4 Å². The molecule has 2 aliphatic heterocycles. The van der Waals surface area contributed by atoms with Crippen molar-refractivity contribution in [3.05, 3.63) is 52.9 Å². The van der Waals surface area contributed by atoms with Gasteiger partial charge in [-0.25, -0.2) is 13.8 Å². The van der Waals surface area contributed by atoms with Gasteiger partial charge in [-0.15, -0.1) is 0 Å². The molecule has 1 unspecified atom stereocenters. The molecular formula is C28H30F2N6O3. The molecule has 1 atom stereocenters. The van der Waals surface area contributed by atoms with Crippen LogP contribution in [-0.2, 0) is 28.9 Å². The first-order valence-corrected chi connectivity index (χ1v) is 13.2. The highest BCUT2D eigenvalue weighted by atomic mass is 19.1. The topological polar surface area (TPSA) is 110 Å². The Morgan fingerprint density at radius 1 is 1.21 bits per heavy atom. The zero-order valence-electron chi connectivity index (χ0n) is 21.9. The monoisotopic (exact) mass is 536 g/mol. The predicted molar refractivity (Wildman–Crippen MR) is 141 cm³/mol. The van der Waals surface area contributed by atoms with Gasteiger partial charge in [-0.1, -0.05) is 6.92 Å².